The van der Waals surface area contributed by atoms with Gasteiger partial charge in [-0.05, 0) is 62.5 Å². The summed E-state index contributed by atoms with van der Waals surface area (Å²) in [6, 6.07) is 7.01. The zero-order chi connectivity index (χ0) is 52.9. The van der Waals surface area contributed by atoms with Crippen LogP contribution in [-0.4, -0.2) is 146 Å². The van der Waals surface area contributed by atoms with Crippen LogP contribution in [0.3, 0.4) is 0 Å². The number of amides is 7. The van der Waals surface area contributed by atoms with E-state index in [0.717, 1.165) is 5.56 Å². The average Bonchev–Trinajstić information content (AvgIpc) is 4.05. The van der Waals surface area contributed by atoms with Crippen LogP contribution < -0.4 is 48.7 Å². The lowest BCUT2D eigenvalue weighted by atomic mass is 10.0. The Morgan fingerprint density at radius 1 is 0.736 bits per heavy atom. The minimum Gasteiger partial charge on any atom is -0.481 e. The fourth-order valence-corrected chi connectivity index (χ4v) is 7.98. The topological polar surface area (TPSA) is 386 Å². The minimum absolute atomic E-state index is 0.0190. The van der Waals surface area contributed by atoms with E-state index < -0.39 is 108 Å². The quantitative estimate of drug-likeness (QED) is 0.0225. The van der Waals surface area contributed by atoms with E-state index in [0.29, 0.717) is 12.0 Å². The number of rotatable bonds is 28. The lowest BCUT2D eigenvalue weighted by Crippen LogP contribution is -2.60. The molecule has 390 valence electrons. The summed E-state index contributed by atoms with van der Waals surface area (Å²) in [6.45, 7) is 5.18. The van der Waals surface area contributed by atoms with Gasteiger partial charge in [0.05, 0.1) is 24.5 Å². The van der Waals surface area contributed by atoms with Crippen molar-refractivity contribution in [2.75, 3.05) is 13.1 Å². The number of aliphatic carboxylic acids is 2. The van der Waals surface area contributed by atoms with E-state index in [1.165, 1.54) is 24.3 Å². The van der Waals surface area contributed by atoms with Gasteiger partial charge in [-0.1, -0.05) is 74.5 Å². The first-order chi connectivity index (χ1) is 34.2. The summed E-state index contributed by atoms with van der Waals surface area (Å²) in [7, 11) is 0. The van der Waals surface area contributed by atoms with Gasteiger partial charge in [-0.3, -0.25) is 43.8 Å². The molecule has 72 heavy (non-hydrogen) atoms. The second kappa shape index (κ2) is 28.1. The van der Waals surface area contributed by atoms with Crippen LogP contribution in [0.15, 0.2) is 73.2 Å². The number of aromatic nitrogens is 2. The summed E-state index contributed by atoms with van der Waals surface area (Å²) in [5.41, 5.74) is 13.2. The van der Waals surface area contributed by atoms with Crippen LogP contribution in [-0.2, 0) is 62.4 Å². The van der Waals surface area contributed by atoms with Crippen LogP contribution in [0.1, 0.15) is 76.1 Å². The zero-order valence-electron chi connectivity index (χ0n) is 40.5. The van der Waals surface area contributed by atoms with E-state index in [9.17, 15) is 53.4 Å². The molecule has 1 fully saturated rings. The first-order valence-electron chi connectivity index (χ1n) is 23.7. The van der Waals surface area contributed by atoms with Gasteiger partial charge in [-0.25, -0.2) is 9.78 Å². The molecular formula is C48H67N13O11. The van der Waals surface area contributed by atoms with Crippen molar-refractivity contribution in [3.63, 3.8) is 0 Å². The summed E-state index contributed by atoms with van der Waals surface area (Å²) >= 11 is 0. The fourth-order valence-electron chi connectivity index (χ4n) is 7.98. The third-order valence-corrected chi connectivity index (χ3v) is 11.7. The molecule has 2 aromatic carbocycles. The number of benzene rings is 2. The number of H-pyrrole nitrogens is 1. The van der Waals surface area contributed by atoms with Crippen LogP contribution in [0.5, 0.6) is 0 Å². The molecule has 0 unspecified atom stereocenters. The number of hydrogen-bond acceptors (Lipinski definition) is 12. The van der Waals surface area contributed by atoms with Gasteiger partial charge < -0.3 is 68.8 Å². The zero-order valence-corrected chi connectivity index (χ0v) is 40.5. The predicted octanol–water partition coefficient (Wildman–Crippen LogP) is -1.45. The Hall–Kier alpha value is -7.89. The predicted molar refractivity (Wildman–Crippen MR) is 261 cm³/mol. The molecule has 15 N–H and O–H groups in total. The fraction of sp³-hybridized carbons (Fsp3) is 0.479. The van der Waals surface area contributed by atoms with Crippen LogP contribution >= 0.6 is 0 Å². The molecule has 4 rings (SSSR count). The van der Waals surface area contributed by atoms with Crippen LogP contribution in [0.2, 0.25) is 0 Å². The number of carboxylic acid groups (broad SMARTS) is 2. The Labute approximate surface area is 416 Å². The smallest absolute Gasteiger partial charge is 0.326 e. The molecule has 1 aromatic heterocycles. The normalized spacial score (nSPS) is 16.1. The van der Waals surface area contributed by atoms with Gasteiger partial charge in [-0.15, -0.1) is 0 Å². The van der Waals surface area contributed by atoms with Gasteiger partial charge >= 0.3 is 11.9 Å². The number of guanidine groups is 1. The molecule has 0 spiro atoms. The molecule has 1 aliphatic rings. The number of aromatic amines is 1. The van der Waals surface area contributed by atoms with Crippen molar-refractivity contribution in [2.45, 2.75) is 127 Å². The molecule has 7 amide bonds. The van der Waals surface area contributed by atoms with Crippen molar-refractivity contribution in [3.05, 3.63) is 90.0 Å². The molecule has 1 saturated heterocycles. The number of carboxylic acids is 2. The van der Waals surface area contributed by atoms with Gasteiger partial charge in [0.1, 0.15) is 42.3 Å². The van der Waals surface area contributed by atoms with Crippen molar-refractivity contribution in [1.82, 2.24) is 52.1 Å². The first-order valence-corrected chi connectivity index (χ1v) is 23.7. The van der Waals surface area contributed by atoms with Crippen molar-refractivity contribution in [2.24, 2.45) is 17.4 Å². The highest BCUT2D eigenvalue weighted by Crippen LogP contribution is 2.21. The number of nitrogens with one attached hydrogen (secondary N) is 9. The monoisotopic (exact) mass is 1000 g/mol. The number of nitrogens with two attached hydrogens (primary N) is 2. The van der Waals surface area contributed by atoms with E-state index in [4.69, 9.17) is 16.9 Å². The second-order valence-corrected chi connectivity index (χ2v) is 18.0. The molecule has 0 saturated carbocycles. The van der Waals surface area contributed by atoms with Gasteiger partial charge in [0.25, 0.3) is 0 Å². The van der Waals surface area contributed by atoms with Crippen molar-refractivity contribution >= 4 is 59.2 Å². The Morgan fingerprint density at radius 3 is 1.90 bits per heavy atom. The summed E-state index contributed by atoms with van der Waals surface area (Å²) in [6.07, 6.45) is 2.68. The Bertz CT molecular complexity index is 2340. The van der Waals surface area contributed by atoms with Gasteiger partial charge in [0.2, 0.25) is 41.4 Å². The molecule has 0 bridgehead atoms. The molecule has 1 aliphatic heterocycles. The third kappa shape index (κ3) is 18.5. The molecule has 8 atom stereocenters. The first kappa shape index (κ1) is 56.7. The van der Waals surface area contributed by atoms with Crippen LogP contribution in [0.4, 0.5) is 0 Å². The summed E-state index contributed by atoms with van der Waals surface area (Å²) < 4.78 is 0. The van der Waals surface area contributed by atoms with Crippen molar-refractivity contribution in [1.29, 1.82) is 5.41 Å². The Morgan fingerprint density at radius 2 is 1.32 bits per heavy atom. The molecular weight excluding hydrogens is 935 g/mol. The highest BCUT2D eigenvalue weighted by atomic mass is 16.4. The maximum Gasteiger partial charge on any atom is 0.326 e. The number of carbonyl (C=O) groups excluding carboxylic acids is 7. The molecule has 0 aliphatic carbocycles. The standard InChI is InChI=1S/C48H67N13O11/c1-27(2)20-37(47(71)72)60-45(69)38-17-11-19-61(38)46(70)36(22-30-14-8-5-9-15-30)59-43(67)34(23-31-25-52-26-54-31)58-44(68)35(24-39(62)63)57-40(64)28(3)55-42(66)33(16-10-18-53-48(50)51)56-41(65)32(49)21-29-12-6-4-7-13-29/h4-9,12-15,25-28,32-38H,10-11,16-24,49H2,1-3H3,(H,52,54)(H,55,66)(H,56,65)(H,57,64)(H,58,68)(H,59,67)(H,60,69)(H,62,63)(H,71,72)(H4,50,51,53)/t28-,32-,33-,34-,35-,36-,37-,38-/m0/s1. The molecule has 24 heteroatoms. The Kier molecular flexibility index (Phi) is 22.1. The maximum absolute atomic E-state index is 14.5. The summed E-state index contributed by atoms with van der Waals surface area (Å²) in [5, 5.41) is 44.8. The molecule has 2 heterocycles. The molecule has 24 nitrogen and oxygen atoms in total. The van der Waals surface area contributed by atoms with Crippen molar-refractivity contribution < 1.29 is 53.4 Å². The van der Waals surface area contributed by atoms with E-state index in [1.54, 1.807) is 60.7 Å². The summed E-state index contributed by atoms with van der Waals surface area (Å²) in [4.78, 5) is 129. The number of likely N-dealkylation sites (tertiary alicyclic amines) is 1. The SMILES string of the molecule is CC(C)C[C@H](NC(=O)[C@@H]1CCCN1C(=O)[C@H](Cc1ccccc1)NC(=O)[C@H](Cc1c[nH]cn1)NC(=O)[C@H](CC(=O)O)NC(=O)[C@H](C)NC(=O)[C@H](CCCNC(=N)N)NC(=O)[C@@H](N)Cc1ccccc1)C(=O)O. The molecule has 0 radical (unpaired) electrons. The maximum atomic E-state index is 14.5. The lowest BCUT2D eigenvalue weighted by Gasteiger charge is -2.31. The van der Waals surface area contributed by atoms with Crippen LogP contribution in [0, 0.1) is 11.3 Å². The average molecular weight is 1000 g/mol. The molecule has 3 aromatic rings. The third-order valence-electron chi connectivity index (χ3n) is 11.7. The van der Waals surface area contributed by atoms with Crippen LogP contribution in [0.25, 0.3) is 0 Å². The highest BCUT2D eigenvalue weighted by Gasteiger charge is 2.40. The number of nitrogens with zero attached hydrogens (tertiary/aromatic N) is 2. The van der Waals surface area contributed by atoms with E-state index in [1.807, 2.05) is 13.8 Å². The van der Waals surface area contributed by atoms with Crippen molar-refractivity contribution in [3.8, 4) is 0 Å². The van der Waals surface area contributed by atoms with E-state index in [-0.39, 0.29) is 75.6 Å². The minimum atomic E-state index is -1.82. The van der Waals surface area contributed by atoms with E-state index >= 15 is 0 Å². The number of imidazole rings is 1. The number of hydrogen-bond donors (Lipinski definition) is 13. The summed E-state index contributed by atoms with van der Waals surface area (Å²) in [5.74, 6) is -8.91. The largest absolute Gasteiger partial charge is 0.481 e. The Balaban J connectivity index is 1.52. The van der Waals surface area contributed by atoms with Gasteiger partial charge in [-0.2, -0.15) is 0 Å². The van der Waals surface area contributed by atoms with Gasteiger partial charge in [0, 0.05) is 32.1 Å². The van der Waals surface area contributed by atoms with E-state index in [2.05, 4.69) is 47.2 Å². The van der Waals surface area contributed by atoms with Gasteiger partial charge in [0.15, 0.2) is 5.96 Å². The lowest BCUT2D eigenvalue weighted by molar-refractivity contribution is -0.145. The second-order valence-electron chi connectivity index (χ2n) is 18.0. The highest BCUT2D eigenvalue weighted by molar-refractivity contribution is 5.98. The number of carbonyl (C=O) groups is 9.